The van der Waals surface area contributed by atoms with Crippen molar-refractivity contribution in [2.45, 2.75) is 19.9 Å². The quantitative estimate of drug-likeness (QED) is 0.677. The highest BCUT2D eigenvalue weighted by Gasteiger charge is 2.11. The molecule has 0 spiro atoms. The van der Waals surface area contributed by atoms with Crippen LogP contribution in [0.4, 0.5) is 10.1 Å². The van der Waals surface area contributed by atoms with Crippen LogP contribution in [0.15, 0.2) is 48.5 Å². The number of carbonyl (C=O) groups excluding carboxylic acids is 1. The van der Waals surface area contributed by atoms with Gasteiger partial charge in [-0.15, -0.1) is 0 Å². The number of H-pyrrole nitrogens is 1. The third-order valence-electron chi connectivity index (χ3n) is 3.71. The molecule has 1 amide bonds. The van der Waals surface area contributed by atoms with Crippen molar-refractivity contribution in [3.05, 3.63) is 64.7 Å². The normalized spacial score (nSPS) is 10.6. The number of aromatic amines is 1. The van der Waals surface area contributed by atoms with Crippen LogP contribution < -0.4 is 5.32 Å². The first-order chi connectivity index (χ1) is 12.0. The van der Waals surface area contributed by atoms with Crippen LogP contribution in [0.25, 0.3) is 11.4 Å². The van der Waals surface area contributed by atoms with E-state index in [9.17, 15) is 9.18 Å². The summed E-state index contributed by atoms with van der Waals surface area (Å²) in [7, 11) is 0. The average molecular weight is 356 g/mol. The number of aromatic nitrogens is 3. The van der Waals surface area contributed by atoms with Gasteiger partial charge in [0.15, 0.2) is 10.6 Å². The first kappa shape index (κ1) is 17.0. The number of hydrogen-bond acceptors (Lipinski definition) is 3. The van der Waals surface area contributed by atoms with Gasteiger partial charge < -0.3 is 5.32 Å². The lowest BCUT2D eigenvalue weighted by atomic mass is 10.1. The van der Waals surface area contributed by atoms with Crippen molar-refractivity contribution in [2.24, 2.45) is 0 Å². The second-order valence-corrected chi connectivity index (χ2v) is 6.07. The fourth-order valence-electron chi connectivity index (χ4n) is 2.53. The van der Waals surface area contributed by atoms with E-state index in [-0.39, 0.29) is 12.3 Å². The molecule has 128 valence electrons. The van der Waals surface area contributed by atoms with Gasteiger partial charge in [0.25, 0.3) is 0 Å². The fourth-order valence-corrected chi connectivity index (χ4v) is 2.76. The van der Waals surface area contributed by atoms with Crippen molar-refractivity contribution in [2.75, 3.05) is 5.32 Å². The van der Waals surface area contributed by atoms with E-state index in [2.05, 4.69) is 15.5 Å². The molecule has 2 N–H and O–H groups in total. The van der Waals surface area contributed by atoms with E-state index >= 15 is 0 Å². The van der Waals surface area contributed by atoms with E-state index in [1.807, 2.05) is 31.2 Å². The summed E-state index contributed by atoms with van der Waals surface area (Å²) in [5, 5.41) is 9.71. The van der Waals surface area contributed by atoms with Crippen LogP contribution in [0.3, 0.4) is 0 Å². The fraction of sp³-hybridized carbons (Fsp3) is 0.167. The van der Waals surface area contributed by atoms with Crippen LogP contribution in [-0.4, -0.2) is 20.7 Å². The van der Waals surface area contributed by atoms with Crippen LogP contribution >= 0.6 is 12.2 Å². The minimum absolute atomic E-state index is 0.198. The molecular formula is C18H17FN4OS. The van der Waals surface area contributed by atoms with Gasteiger partial charge in [0, 0.05) is 24.2 Å². The average Bonchev–Trinajstić information content (AvgIpc) is 2.94. The summed E-state index contributed by atoms with van der Waals surface area (Å²) < 4.78 is 15.4. The van der Waals surface area contributed by atoms with Gasteiger partial charge in [0.1, 0.15) is 5.82 Å². The molecule has 0 unspecified atom stereocenters. The SMILES string of the molecule is Cc1cccc(-c2n[nH]c(=S)n2CCC(=O)Nc2cccc(F)c2)c1. The number of rotatable bonds is 5. The minimum atomic E-state index is -0.392. The Hall–Kier alpha value is -2.80. The molecule has 1 heterocycles. The maximum absolute atomic E-state index is 13.2. The van der Waals surface area contributed by atoms with E-state index in [4.69, 9.17) is 12.2 Å². The monoisotopic (exact) mass is 356 g/mol. The molecule has 0 aliphatic heterocycles. The van der Waals surface area contributed by atoms with E-state index in [1.54, 1.807) is 16.7 Å². The molecule has 0 aliphatic carbocycles. The van der Waals surface area contributed by atoms with Crippen molar-refractivity contribution in [1.29, 1.82) is 0 Å². The van der Waals surface area contributed by atoms with Gasteiger partial charge in [0.05, 0.1) is 0 Å². The van der Waals surface area contributed by atoms with Crippen LogP contribution in [-0.2, 0) is 11.3 Å². The standard InChI is InChI=1S/C18H17FN4OS/c1-12-4-2-5-13(10-12)17-21-22-18(25)23(17)9-8-16(24)20-15-7-3-6-14(19)11-15/h2-7,10-11H,8-9H2,1H3,(H,20,24)(H,22,25). The first-order valence-corrected chi connectivity index (χ1v) is 8.21. The Labute approximate surface area is 149 Å². The van der Waals surface area contributed by atoms with Crippen molar-refractivity contribution >= 4 is 23.8 Å². The molecule has 0 saturated heterocycles. The molecule has 3 aromatic rings. The van der Waals surface area contributed by atoms with Crippen molar-refractivity contribution in [3.8, 4) is 11.4 Å². The maximum atomic E-state index is 13.2. The van der Waals surface area contributed by atoms with Crippen molar-refractivity contribution in [1.82, 2.24) is 14.8 Å². The van der Waals surface area contributed by atoms with Gasteiger partial charge in [-0.1, -0.05) is 29.8 Å². The molecule has 2 aromatic carbocycles. The molecule has 1 aromatic heterocycles. The highest BCUT2D eigenvalue weighted by Crippen LogP contribution is 2.19. The molecule has 3 rings (SSSR count). The third-order valence-corrected chi connectivity index (χ3v) is 4.02. The summed E-state index contributed by atoms with van der Waals surface area (Å²) in [5.41, 5.74) is 2.47. The number of benzene rings is 2. The van der Waals surface area contributed by atoms with E-state index in [0.29, 0.717) is 22.8 Å². The maximum Gasteiger partial charge on any atom is 0.226 e. The zero-order valence-corrected chi connectivity index (χ0v) is 14.4. The highest BCUT2D eigenvalue weighted by atomic mass is 32.1. The van der Waals surface area contributed by atoms with Gasteiger partial charge in [-0.05, 0) is 43.4 Å². The lowest BCUT2D eigenvalue weighted by Gasteiger charge is -2.08. The van der Waals surface area contributed by atoms with Crippen molar-refractivity contribution < 1.29 is 9.18 Å². The lowest BCUT2D eigenvalue weighted by Crippen LogP contribution is -2.15. The Bertz CT molecular complexity index is 963. The number of anilines is 1. The summed E-state index contributed by atoms with van der Waals surface area (Å²) >= 11 is 5.27. The van der Waals surface area contributed by atoms with Gasteiger partial charge in [-0.2, -0.15) is 5.10 Å². The molecule has 0 fully saturated rings. The number of nitrogens with zero attached hydrogens (tertiary/aromatic N) is 2. The molecule has 0 bridgehead atoms. The highest BCUT2D eigenvalue weighted by molar-refractivity contribution is 7.71. The zero-order valence-electron chi connectivity index (χ0n) is 13.6. The smallest absolute Gasteiger partial charge is 0.226 e. The van der Waals surface area contributed by atoms with E-state index in [0.717, 1.165) is 11.1 Å². The lowest BCUT2D eigenvalue weighted by molar-refractivity contribution is -0.116. The van der Waals surface area contributed by atoms with Crippen molar-refractivity contribution in [3.63, 3.8) is 0 Å². The predicted molar refractivity (Wildman–Crippen MR) is 97.2 cm³/mol. The Balaban J connectivity index is 1.72. The number of halogens is 1. The Morgan fingerprint density at radius 2 is 2.08 bits per heavy atom. The van der Waals surface area contributed by atoms with Gasteiger partial charge in [-0.3, -0.25) is 14.5 Å². The van der Waals surface area contributed by atoms with Crippen LogP contribution in [0.2, 0.25) is 0 Å². The topological polar surface area (TPSA) is 62.7 Å². The Morgan fingerprint density at radius 3 is 2.84 bits per heavy atom. The first-order valence-electron chi connectivity index (χ1n) is 7.80. The van der Waals surface area contributed by atoms with Crippen LogP contribution in [0.5, 0.6) is 0 Å². The number of amides is 1. The number of carbonyl (C=O) groups is 1. The summed E-state index contributed by atoms with van der Waals surface area (Å²) in [5.74, 6) is 0.0766. The number of hydrogen-bond donors (Lipinski definition) is 2. The van der Waals surface area contributed by atoms with Crippen LogP contribution in [0.1, 0.15) is 12.0 Å². The predicted octanol–water partition coefficient (Wildman–Crippen LogP) is 4.08. The Kier molecular flexibility index (Phi) is 5.04. The van der Waals surface area contributed by atoms with E-state index in [1.165, 1.54) is 12.1 Å². The summed E-state index contributed by atoms with van der Waals surface area (Å²) in [6.45, 7) is 2.38. The molecule has 0 atom stereocenters. The molecular weight excluding hydrogens is 339 g/mol. The molecule has 5 nitrogen and oxygen atoms in total. The molecule has 25 heavy (non-hydrogen) atoms. The minimum Gasteiger partial charge on any atom is -0.326 e. The van der Waals surface area contributed by atoms with E-state index < -0.39 is 5.82 Å². The zero-order chi connectivity index (χ0) is 17.8. The van der Waals surface area contributed by atoms with Gasteiger partial charge in [0.2, 0.25) is 5.91 Å². The summed E-state index contributed by atoms with van der Waals surface area (Å²) in [6, 6.07) is 13.7. The number of aryl methyl sites for hydroxylation is 1. The number of nitrogens with one attached hydrogen (secondary N) is 2. The second kappa shape index (κ2) is 7.40. The largest absolute Gasteiger partial charge is 0.326 e. The molecule has 0 radical (unpaired) electrons. The summed E-state index contributed by atoms with van der Waals surface area (Å²) in [6.07, 6.45) is 0.198. The Morgan fingerprint density at radius 1 is 1.28 bits per heavy atom. The van der Waals surface area contributed by atoms with Gasteiger partial charge in [-0.25, -0.2) is 4.39 Å². The molecule has 7 heteroatoms. The second-order valence-electron chi connectivity index (χ2n) is 5.68. The third kappa shape index (κ3) is 4.19. The molecule has 0 saturated carbocycles. The van der Waals surface area contributed by atoms with Gasteiger partial charge >= 0.3 is 0 Å². The summed E-state index contributed by atoms with van der Waals surface area (Å²) in [4.78, 5) is 12.1. The molecule has 0 aliphatic rings. The van der Waals surface area contributed by atoms with Crippen LogP contribution in [0, 0.1) is 17.5 Å².